The molecule has 9 heteroatoms. The van der Waals surface area contributed by atoms with Crippen molar-refractivity contribution in [2.45, 2.75) is 19.3 Å². The van der Waals surface area contributed by atoms with Crippen molar-refractivity contribution >= 4 is 10.2 Å². The Hall–Kier alpha value is -1.03. The molecule has 1 atom stereocenters. The molecule has 1 aliphatic heterocycles. The first-order valence-corrected chi connectivity index (χ1v) is 8.20. The van der Waals surface area contributed by atoms with Crippen LogP contribution < -0.4 is 10.0 Å². The summed E-state index contributed by atoms with van der Waals surface area (Å²) in [6.07, 6.45) is 3.66. The van der Waals surface area contributed by atoms with Crippen molar-refractivity contribution in [1.29, 1.82) is 0 Å². The van der Waals surface area contributed by atoms with Crippen molar-refractivity contribution in [1.82, 2.24) is 24.5 Å². The number of nitrogens with zero attached hydrogens (tertiary/aromatic N) is 3. The Morgan fingerprint density at radius 3 is 3.10 bits per heavy atom. The van der Waals surface area contributed by atoms with Gasteiger partial charge in [-0.1, -0.05) is 5.16 Å². The van der Waals surface area contributed by atoms with E-state index in [2.05, 4.69) is 20.2 Å². The van der Waals surface area contributed by atoms with Crippen molar-refractivity contribution in [2.24, 2.45) is 5.92 Å². The summed E-state index contributed by atoms with van der Waals surface area (Å²) in [5.41, 5.74) is 0. The second kappa shape index (κ2) is 7.11. The molecule has 20 heavy (non-hydrogen) atoms. The van der Waals surface area contributed by atoms with Crippen LogP contribution in [0.25, 0.3) is 0 Å². The number of aromatic nitrogens is 2. The number of hydrogen-bond acceptors (Lipinski definition) is 6. The summed E-state index contributed by atoms with van der Waals surface area (Å²) < 4.78 is 33.3. The van der Waals surface area contributed by atoms with Crippen LogP contribution in [0.3, 0.4) is 0 Å². The maximum Gasteiger partial charge on any atom is 0.279 e. The smallest absolute Gasteiger partial charge is 0.279 e. The monoisotopic (exact) mass is 303 g/mol. The van der Waals surface area contributed by atoms with Crippen LogP contribution in [0.15, 0.2) is 10.9 Å². The molecular weight excluding hydrogens is 282 g/mol. The molecule has 0 aliphatic carbocycles. The molecule has 0 amide bonds. The topological polar surface area (TPSA) is 100 Å². The van der Waals surface area contributed by atoms with E-state index in [0.717, 1.165) is 19.4 Å². The lowest BCUT2D eigenvalue weighted by molar-refractivity contribution is 0.261. The van der Waals surface area contributed by atoms with Gasteiger partial charge in [0.2, 0.25) is 5.89 Å². The summed E-state index contributed by atoms with van der Waals surface area (Å²) in [6.45, 7) is 2.25. The van der Waals surface area contributed by atoms with Gasteiger partial charge in [-0.25, -0.2) is 4.72 Å². The number of hydrogen-bond donors (Lipinski definition) is 2. The molecule has 0 radical (unpaired) electrons. The van der Waals surface area contributed by atoms with Gasteiger partial charge in [-0.2, -0.15) is 17.7 Å². The molecule has 8 nitrogen and oxygen atoms in total. The second-order valence-corrected chi connectivity index (χ2v) is 6.66. The van der Waals surface area contributed by atoms with E-state index in [1.165, 1.54) is 10.6 Å². The van der Waals surface area contributed by atoms with Gasteiger partial charge in [0, 0.05) is 26.1 Å². The van der Waals surface area contributed by atoms with Crippen LogP contribution in [-0.4, -0.2) is 56.1 Å². The molecule has 0 saturated carbocycles. The molecule has 2 N–H and O–H groups in total. The minimum atomic E-state index is -3.42. The van der Waals surface area contributed by atoms with E-state index in [1.807, 2.05) is 7.05 Å². The highest BCUT2D eigenvalue weighted by Gasteiger charge is 2.28. The number of piperidine rings is 1. The first kappa shape index (κ1) is 15.4. The predicted molar refractivity (Wildman–Crippen MR) is 73.1 cm³/mol. The Bertz CT molecular complexity index is 488. The van der Waals surface area contributed by atoms with Crippen molar-refractivity contribution < 1.29 is 12.9 Å². The molecule has 1 saturated heterocycles. The lowest BCUT2D eigenvalue weighted by Crippen LogP contribution is -2.47. The minimum absolute atomic E-state index is 0.262. The van der Waals surface area contributed by atoms with Gasteiger partial charge in [0.1, 0.15) is 0 Å². The van der Waals surface area contributed by atoms with Crippen LogP contribution in [0.4, 0.5) is 0 Å². The molecule has 2 rings (SSSR count). The summed E-state index contributed by atoms with van der Waals surface area (Å²) in [5, 5.41) is 6.58. The Kier molecular flexibility index (Phi) is 5.46. The van der Waals surface area contributed by atoms with Gasteiger partial charge in [0.15, 0.2) is 6.33 Å². The second-order valence-electron chi connectivity index (χ2n) is 4.91. The standard InChI is InChI=1S/C11H21N5O3S/c1-12-7-10-3-2-6-16(8-10)20(17,18)15-5-4-11-13-9-14-19-11/h9-10,12,15H,2-8H2,1H3. The third-order valence-corrected chi connectivity index (χ3v) is 4.93. The van der Waals surface area contributed by atoms with Gasteiger partial charge in [-0.3, -0.25) is 0 Å². The van der Waals surface area contributed by atoms with Crippen LogP contribution in [0.2, 0.25) is 0 Å². The fraction of sp³-hybridized carbons (Fsp3) is 0.818. The van der Waals surface area contributed by atoms with E-state index in [-0.39, 0.29) is 6.54 Å². The molecule has 1 aromatic heterocycles. The van der Waals surface area contributed by atoms with Crippen LogP contribution in [0, 0.1) is 5.92 Å². The highest BCUT2D eigenvalue weighted by molar-refractivity contribution is 7.87. The summed E-state index contributed by atoms with van der Waals surface area (Å²) in [7, 11) is -1.54. The predicted octanol–water partition coefficient (Wildman–Crippen LogP) is -0.622. The zero-order valence-corrected chi connectivity index (χ0v) is 12.4. The van der Waals surface area contributed by atoms with Crippen LogP contribution in [0.1, 0.15) is 18.7 Å². The molecular formula is C11H21N5O3S. The number of nitrogens with one attached hydrogen (secondary N) is 2. The van der Waals surface area contributed by atoms with Gasteiger partial charge in [-0.15, -0.1) is 0 Å². The van der Waals surface area contributed by atoms with E-state index in [1.54, 1.807) is 0 Å². The largest absolute Gasteiger partial charge is 0.340 e. The SMILES string of the molecule is CNCC1CCCN(S(=O)(=O)NCCc2ncno2)C1. The highest BCUT2D eigenvalue weighted by Crippen LogP contribution is 2.17. The van der Waals surface area contributed by atoms with Gasteiger partial charge < -0.3 is 9.84 Å². The molecule has 1 unspecified atom stereocenters. The zero-order chi connectivity index (χ0) is 14.4. The molecule has 2 heterocycles. The normalized spacial score (nSPS) is 21.1. The minimum Gasteiger partial charge on any atom is -0.340 e. The first-order chi connectivity index (χ1) is 9.62. The van der Waals surface area contributed by atoms with Crippen LogP contribution >= 0.6 is 0 Å². The van der Waals surface area contributed by atoms with Crippen molar-refractivity contribution in [3.63, 3.8) is 0 Å². The van der Waals surface area contributed by atoms with E-state index in [0.29, 0.717) is 31.3 Å². The maximum absolute atomic E-state index is 12.2. The molecule has 1 aromatic rings. The third-order valence-electron chi connectivity index (χ3n) is 3.34. The number of rotatable bonds is 7. The molecule has 0 aromatic carbocycles. The van der Waals surface area contributed by atoms with E-state index < -0.39 is 10.2 Å². The lowest BCUT2D eigenvalue weighted by Gasteiger charge is -2.31. The molecule has 114 valence electrons. The first-order valence-electron chi connectivity index (χ1n) is 6.76. The van der Waals surface area contributed by atoms with Crippen LogP contribution in [0.5, 0.6) is 0 Å². The van der Waals surface area contributed by atoms with Crippen molar-refractivity contribution in [3.8, 4) is 0 Å². The van der Waals surface area contributed by atoms with Gasteiger partial charge in [0.05, 0.1) is 0 Å². The Morgan fingerprint density at radius 1 is 1.55 bits per heavy atom. The van der Waals surface area contributed by atoms with E-state index in [4.69, 9.17) is 4.52 Å². The Labute approximate surface area is 119 Å². The van der Waals surface area contributed by atoms with Crippen LogP contribution in [-0.2, 0) is 16.6 Å². The van der Waals surface area contributed by atoms with E-state index >= 15 is 0 Å². The summed E-state index contributed by atoms with van der Waals surface area (Å²) >= 11 is 0. The average Bonchev–Trinajstić information content (AvgIpc) is 2.92. The quantitative estimate of drug-likeness (QED) is 0.696. The van der Waals surface area contributed by atoms with Gasteiger partial charge in [-0.05, 0) is 32.4 Å². The summed E-state index contributed by atoms with van der Waals surface area (Å²) in [6, 6.07) is 0. The molecule has 0 spiro atoms. The fourth-order valence-corrected chi connectivity index (χ4v) is 3.70. The molecule has 1 aliphatic rings. The molecule has 1 fully saturated rings. The summed E-state index contributed by atoms with van der Waals surface area (Å²) in [4.78, 5) is 3.85. The Balaban J connectivity index is 1.82. The molecule has 0 bridgehead atoms. The summed E-state index contributed by atoms with van der Waals surface area (Å²) in [5.74, 6) is 0.806. The average molecular weight is 303 g/mol. The van der Waals surface area contributed by atoms with E-state index in [9.17, 15) is 8.42 Å². The zero-order valence-electron chi connectivity index (χ0n) is 11.6. The maximum atomic E-state index is 12.2. The van der Waals surface area contributed by atoms with Crippen molar-refractivity contribution in [2.75, 3.05) is 33.2 Å². The van der Waals surface area contributed by atoms with Gasteiger partial charge >= 0.3 is 0 Å². The lowest BCUT2D eigenvalue weighted by atomic mass is 10.00. The van der Waals surface area contributed by atoms with Gasteiger partial charge in [0.25, 0.3) is 10.2 Å². The Morgan fingerprint density at radius 2 is 2.40 bits per heavy atom. The van der Waals surface area contributed by atoms with Crippen molar-refractivity contribution in [3.05, 3.63) is 12.2 Å². The highest BCUT2D eigenvalue weighted by atomic mass is 32.2. The fourth-order valence-electron chi connectivity index (χ4n) is 2.38. The third kappa shape index (κ3) is 4.23.